The van der Waals surface area contributed by atoms with E-state index in [2.05, 4.69) is 48.7 Å². The first-order valence-electron chi connectivity index (χ1n) is 10.3. The molecule has 1 atom stereocenters. The number of rotatable bonds is 9. The van der Waals surface area contributed by atoms with Crippen LogP contribution in [0, 0.1) is 26.7 Å². The van der Waals surface area contributed by atoms with Crippen LogP contribution in [0.2, 0.25) is 0 Å². The molecule has 0 N–H and O–H groups in total. The first kappa shape index (κ1) is 20.5. The molecule has 1 fully saturated rings. The molecule has 1 aromatic heterocycles. The molecule has 1 aromatic carbocycles. The summed E-state index contributed by atoms with van der Waals surface area (Å²) in [4.78, 5) is 4.20. The molecule has 1 aliphatic rings. The van der Waals surface area contributed by atoms with Crippen molar-refractivity contribution in [3.8, 4) is 0 Å². The van der Waals surface area contributed by atoms with Gasteiger partial charge in [0.2, 0.25) is 0 Å². The third-order valence-corrected chi connectivity index (χ3v) is 6.87. The van der Waals surface area contributed by atoms with Crippen molar-refractivity contribution in [2.75, 3.05) is 13.2 Å². The van der Waals surface area contributed by atoms with Crippen LogP contribution >= 0.6 is 11.8 Å². The molecule has 3 nitrogen and oxygen atoms in total. The Hall–Kier alpha value is -1.26. The van der Waals surface area contributed by atoms with E-state index in [4.69, 9.17) is 4.74 Å². The summed E-state index contributed by atoms with van der Waals surface area (Å²) in [6.07, 6.45) is 12.7. The first-order valence-corrected chi connectivity index (χ1v) is 11.4. The first-order chi connectivity index (χ1) is 13.1. The second-order valence-corrected chi connectivity index (χ2v) is 9.40. The van der Waals surface area contributed by atoms with E-state index in [-0.39, 0.29) is 0 Å². The van der Waals surface area contributed by atoms with Crippen LogP contribution in [0.15, 0.2) is 30.9 Å². The van der Waals surface area contributed by atoms with Crippen molar-refractivity contribution < 1.29 is 4.74 Å². The lowest BCUT2D eigenvalue weighted by molar-refractivity contribution is 0.0843. The fraction of sp³-hybridized carbons (Fsp3) is 0.609. The highest BCUT2D eigenvalue weighted by atomic mass is 32.2. The Labute approximate surface area is 168 Å². The Bertz CT molecular complexity index is 669. The Morgan fingerprint density at radius 1 is 1.15 bits per heavy atom. The molecule has 1 heterocycles. The summed E-state index contributed by atoms with van der Waals surface area (Å²) in [5.41, 5.74) is 5.65. The molecule has 1 unspecified atom stereocenters. The molecular weight excluding hydrogens is 352 g/mol. The molecule has 0 amide bonds. The van der Waals surface area contributed by atoms with Gasteiger partial charge in [0.05, 0.1) is 12.9 Å². The second kappa shape index (κ2) is 10.3. The highest BCUT2D eigenvalue weighted by Gasteiger charge is 2.17. The average Bonchev–Trinajstić information content (AvgIpc) is 3.14. The molecular formula is C23H34N2OS. The zero-order valence-corrected chi connectivity index (χ0v) is 17.9. The van der Waals surface area contributed by atoms with Crippen LogP contribution in [0.25, 0.3) is 0 Å². The van der Waals surface area contributed by atoms with Crippen LogP contribution in [0.3, 0.4) is 0 Å². The molecule has 148 valence electrons. The minimum atomic E-state index is 0.447. The number of hydrogen-bond acceptors (Lipinski definition) is 3. The number of ether oxygens (including phenoxy) is 1. The number of nitrogens with zero attached hydrogens (tertiary/aromatic N) is 2. The summed E-state index contributed by atoms with van der Waals surface area (Å²) in [7, 11) is 0. The van der Waals surface area contributed by atoms with E-state index in [1.807, 2.05) is 24.3 Å². The van der Waals surface area contributed by atoms with Gasteiger partial charge in [0.15, 0.2) is 0 Å². The van der Waals surface area contributed by atoms with Crippen molar-refractivity contribution in [1.29, 1.82) is 0 Å². The fourth-order valence-electron chi connectivity index (χ4n) is 4.14. The molecule has 2 aromatic rings. The summed E-state index contributed by atoms with van der Waals surface area (Å²) in [6.45, 7) is 9.37. The van der Waals surface area contributed by atoms with Gasteiger partial charge < -0.3 is 9.30 Å². The van der Waals surface area contributed by atoms with E-state index in [9.17, 15) is 0 Å². The lowest BCUT2D eigenvalue weighted by Crippen LogP contribution is -2.22. The maximum Gasteiger partial charge on any atom is 0.0946 e. The van der Waals surface area contributed by atoms with E-state index in [1.54, 1.807) is 0 Å². The number of aromatic nitrogens is 2. The van der Waals surface area contributed by atoms with Crippen LogP contribution in [0.5, 0.6) is 0 Å². The largest absolute Gasteiger partial charge is 0.380 e. The van der Waals surface area contributed by atoms with Crippen molar-refractivity contribution in [2.24, 2.45) is 5.92 Å². The van der Waals surface area contributed by atoms with Crippen LogP contribution in [-0.2, 0) is 17.0 Å². The Morgan fingerprint density at radius 2 is 1.89 bits per heavy atom. The minimum absolute atomic E-state index is 0.447. The predicted molar refractivity (Wildman–Crippen MR) is 115 cm³/mol. The summed E-state index contributed by atoms with van der Waals surface area (Å²) in [6, 6.07) is 4.60. The van der Waals surface area contributed by atoms with Crippen molar-refractivity contribution in [3.05, 3.63) is 53.1 Å². The monoisotopic (exact) mass is 386 g/mol. The van der Waals surface area contributed by atoms with E-state index in [0.29, 0.717) is 5.25 Å². The highest BCUT2D eigenvalue weighted by Crippen LogP contribution is 2.27. The Balaban J connectivity index is 1.56. The number of hydrogen-bond donors (Lipinski definition) is 0. The molecule has 0 spiro atoms. The molecule has 0 aliphatic heterocycles. The van der Waals surface area contributed by atoms with E-state index >= 15 is 0 Å². The molecule has 4 heteroatoms. The summed E-state index contributed by atoms with van der Waals surface area (Å²) < 4.78 is 8.37. The molecule has 0 radical (unpaired) electrons. The zero-order valence-electron chi connectivity index (χ0n) is 17.1. The summed E-state index contributed by atoms with van der Waals surface area (Å²) in [5.74, 6) is 1.82. The second-order valence-electron chi connectivity index (χ2n) is 8.11. The van der Waals surface area contributed by atoms with Gasteiger partial charge in [-0.3, -0.25) is 0 Å². The van der Waals surface area contributed by atoms with E-state index in [1.165, 1.54) is 54.4 Å². The van der Waals surface area contributed by atoms with Gasteiger partial charge in [0, 0.05) is 36.5 Å². The van der Waals surface area contributed by atoms with Crippen LogP contribution < -0.4 is 0 Å². The van der Waals surface area contributed by atoms with Gasteiger partial charge in [0.1, 0.15) is 0 Å². The zero-order chi connectivity index (χ0) is 19.1. The average molecular weight is 387 g/mol. The highest BCUT2D eigenvalue weighted by molar-refractivity contribution is 7.99. The van der Waals surface area contributed by atoms with Crippen molar-refractivity contribution >= 4 is 11.8 Å². The van der Waals surface area contributed by atoms with Crippen LogP contribution in [-0.4, -0.2) is 28.0 Å². The number of imidazole rings is 1. The standard InChI is InChI=1S/C23H34N2OS/c1-18-11-19(2)23(20(3)12-18)16-27-22(13-25-10-9-24-17-25)15-26-14-21-7-5-4-6-8-21/h9-12,17,21-22H,4-8,13-16H2,1-3H3. The van der Waals surface area contributed by atoms with Gasteiger partial charge in [0.25, 0.3) is 0 Å². The molecule has 3 rings (SSSR count). The van der Waals surface area contributed by atoms with Gasteiger partial charge in [-0.2, -0.15) is 0 Å². The number of thioether (sulfide) groups is 1. The van der Waals surface area contributed by atoms with Gasteiger partial charge >= 0.3 is 0 Å². The molecule has 27 heavy (non-hydrogen) atoms. The molecule has 0 saturated heterocycles. The normalized spacial score (nSPS) is 16.6. The topological polar surface area (TPSA) is 27.1 Å². The van der Waals surface area contributed by atoms with Gasteiger partial charge in [-0.1, -0.05) is 37.0 Å². The van der Waals surface area contributed by atoms with Crippen molar-refractivity contribution in [1.82, 2.24) is 9.55 Å². The van der Waals surface area contributed by atoms with E-state index < -0.39 is 0 Å². The third-order valence-electron chi connectivity index (χ3n) is 5.66. The SMILES string of the molecule is Cc1cc(C)c(CSC(COCC2CCCCC2)Cn2ccnc2)c(C)c1. The van der Waals surface area contributed by atoms with Gasteiger partial charge in [-0.25, -0.2) is 4.98 Å². The van der Waals surface area contributed by atoms with Crippen molar-refractivity contribution in [2.45, 2.75) is 70.4 Å². The molecule has 0 bridgehead atoms. The smallest absolute Gasteiger partial charge is 0.0946 e. The predicted octanol–water partition coefficient (Wildman–Crippen LogP) is 5.71. The number of benzene rings is 1. The third kappa shape index (κ3) is 6.39. The van der Waals surface area contributed by atoms with Crippen LogP contribution in [0.4, 0.5) is 0 Å². The quantitative estimate of drug-likeness (QED) is 0.552. The Kier molecular flexibility index (Phi) is 7.83. The van der Waals surface area contributed by atoms with Crippen LogP contribution in [0.1, 0.15) is 54.4 Å². The Morgan fingerprint density at radius 3 is 2.56 bits per heavy atom. The lowest BCUT2D eigenvalue weighted by atomic mass is 9.90. The van der Waals surface area contributed by atoms with Crippen molar-refractivity contribution in [3.63, 3.8) is 0 Å². The molecule has 1 aliphatic carbocycles. The maximum atomic E-state index is 6.20. The summed E-state index contributed by atoms with van der Waals surface area (Å²) in [5, 5.41) is 0.447. The van der Waals surface area contributed by atoms with Gasteiger partial charge in [-0.05, 0) is 56.2 Å². The fourth-order valence-corrected chi connectivity index (χ4v) is 5.47. The number of aryl methyl sites for hydroxylation is 3. The van der Waals surface area contributed by atoms with Gasteiger partial charge in [-0.15, -0.1) is 11.8 Å². The summed E-state index contributed by atoms with van der Waals surface area (Å²) >= 11 is 2.02. The van der Waals surface area contributed by atoms with E-state index in [0.717, 1.165) is 31.4 Å². The maximum absolute atomic E-state index is 6.20. The molecule has 1 saturated carbocycles. The lowest BCUT2D eigenvalue weighted by Gasteiger charge is -2.23. The minimum Gasteiger partial charge on any atom is -0.380 e.